The molecule has 4 aromatic heterocycles. The number of nitrogens with zero attached hydrogens (tertiary/aromatic N) is 6. The zero-order valence-electron chi connectivity index (χ0n) is 20.8. The van der Waals surface area contributed by atoms with Crippen LogP contribution >= 0.6 is 0 Å². The maximum atomic E-state index is 11.8. The highest BCUT2D eigenvalue weighted by atomic mass is 16.1. The summed E-state index contributed by atoms with van der Waals surface area (Å²) in [6, 6.07) is 13.9. The van der Waals surface area contributed by atoms with Gasteiger partial charge in [-0.1, -0.05) is 64.1 Å². The molecule has 35 heavy (non-hydrogen) atoms. The molecule has 0 amide bonds. The number of aryl methyl sites for hydroxylation is 1. The number of fused-ring (bicyclic) bond motifs is 1. The molecule has 0 saturated heterocycles. The van der Waals surface area contributed by atoms with Crippen LogP contribution in [0.1, 0.15) is 45.0 Å². The molecule has 0 saturated carbocycles. The molecule has 0 atom stereocenters. The molecule has 180 valence electrons. The van der Waals surface area contributed by atoms with Crippen molar-refractivity contribution in [1.29, 1.82) is 0 Å². The molecule has 1 aromatic carbocycles. The minimum Gasteiger partial charge on any atom is -0.383 e. The summed E-state index contributed by atoms with van der Waals surface area (Å²) in [5.74, 6) is 0.236. The SMILES string of the molecule is CC.CC.CCn1cc(-c2nc3c(-c4ccc(-c5ccccc5)nc4)cnn3c(N)c2C=O)cn1. The smallest absolute Gasteiger partial charge is 0.165 e. The molecule has 0 aliphatic heterocycles. The summed E-state index contributed by atoms with van der Waals surface area (Å²) in [4.78, 5) is 21.1. The molecule has 0 unspecified atom stereocenters. The highest BCUT2D eigenvalue weighted by molar-refractivity contribution is 5.93. The number of anilines is 1. The van der Waals surface area contributed by atoms with Crippen molar-refractivity contribution in [3.8, 4) is 33.6 Å². The van der Waals surface area contributed by atoms with E-state index in [0.717, 1.165) is 27.9 Å². The van der Waals surface area contributed by atoms with Gasteiger partial charge in [-0.2, -0.15) is 14.7 Å². The Labute approximate surface area is 205 Å². The number of aromatic nitrogens is 6. The molecule has 0 fully saturated rings. The first kappa shape index (κ1) is 25.3. The van der Waals surface area contributed by atoms with Crippen LogP contribution in [0.3, 0.4) is 0 Å². The Morgan fingerprint density at radius 2 is 1.63 bits per heavy atom. The van der Waals surface area contributed by atoms with Crippen LogP contribution in [0.15, 0.2) is 67.3 Å². The Kier molecular flexibility index (Phi) is 8.45. The summed E-state index contributed by atoms with van der Waals surface area (Å²) in [5.41, 5.74) is 11.9. The van der Waals surface area contributed by atoms with Crippen molar-refractivity contribution in [2.45, 2.75) is 41.2 Å². The van der Waals surface area contributed by atoms with E-state index in [1.165, 1.54) is 4.52 Å². The van der Waals surface area contributed by atoms with Gasteiger partial charge in [0.2, 0.25) is 0 Å². The second kappa shape index (κ2) is 11.7. The number of hydrogen-bond donors (Lipinski definition) is 1. The number of nitrogen functional groups attached to an aromatic ring is 1. The van der Waals surface area contributed by atoms with Crippen LogP contribution in [0.5, 0.6) is 0 Å². The number of carbonyl (C=O) groups is 1. The largest absolute Gasteiger partial charge is 0.383 e. The highest BCUT2D eigenvalue weighted by Gasteiger charge is 2.19. The van der Waals surface area contributed by atoms with Crippen molar-refractivity contribution in [2.75, 3.05) is 5.73 Å². The molecule has 8 nitrogen and oxygen atoms in total. The van der Waals surface area contributed by atoms with Gasteiger partial charge in [0.15, 0.2) is 11.9 Å². The van der Waals surface area contributed by atoms with Crippen LogP contribution in [0.4, 0.5) is 5.82 Å². The van der Waals surface area contributed by atoms with E-state index in [1.807, 2.05) is 83.3 Å². The average molecular weight is 470 g/mol. The van der Waals surface area contributed by atoms with E-state index in [0.29, 0.717) is 24.2 Å². The fraction of sp³-hybridized carbons (Fsp3) is 0.222. The molecule has 5 aromatic rings. The Morgan fingerprint density at radius 3 is 2.23 bits per heavy atom. The van der Waals surface area contributed by atoms with E-state index >= 15 is 0 Å². The van der Waals surface area contributed by atoms with Crippen LogP contribution in [0.25, 0.3) is 39.3 Å². The Balaban J connectivity index is 0.000000815. The lowest BCUT2D eigenvalue weighted by atomic mass is 10.1. The van der Waals surface area contributed by atoms with E-state index in [-0.39, 0.29) is 11.4 Å². The first-order valence-corrected chi connectivity index (χ1v) is 11.9. The van der Waals surface area contributed by atoms with Crippen LogP contribution in [0, 0.1) is 0 Å². The lowest BCUT2D eigenvalue weighted by Crippen LogP contribution is -2.07. The zero-order chi connectivity index (χ0) is 25.4. The van der Waals surface area contributed by atoms with Gasteiger partial charge in [0, 0.05) is 41.2 Å². The highest BCUT2D eigenvalue weighted by Crippen LogP contribution is 2.31. The van der Waals surface area contributed by atoms with Crippen LogP contribution in [-0.4, -0.2) is 35.6 Å². The van der Waals surface area contributed by atoms with E-state index < -0.39 is 0 Å². The van der Waals surface area contributed by atoms with Gasteiger partial charge in [-0.3, -0.25) is 14.5 Å². The zero-order valence-corrected chi connectivity index (χ0v) is 20.8. The van der Waals surface area contributed by atoms with Gasteiger partial charge in [0.05, 0.1) is 29.3 Å². The van der Waals surface area contributed by atoms with Crippen molar-refractivity contribution in [1.82, 2.24) is 29.4 Å². The molecular formula is C27H31N7O. The normalized spacial score (nSPS) is 10.2. The fourth-order valence-electron chi connectivity index (χ4n) is 3.56. The molecule has 2 N–H and O–H groups in total. The molecule has 0 bridgehead atoms. The monoisotopic (exact) mass is 469 g/mol. The van der Waals surface area contributed by atoms with Crippen molar-refractivity contribution in [2.24, 2.45) is 0 Å². The Bertz CT molecular complexity index is 1390. The second-order valence-corrected chi connectivity index (χ2v) is 7.05. The van der Waals surface area contributed by atoms with Gasteiger partial charge in [-0.05, 0) is 13.0 Å². The van der Waals surface area contributed by atoms with E-state index in [4.69, 9.17) is 10.7 Å². The van der Waals surface area contributed by atoms with Gasteiger partial charge in [0.25, 0.3) is 0 Å². The summed E-state index contributed by atoms with van der Waals surface area (Å²) in [5, 5.41) is 8.65. The third-order valence-corrected chi connectivity index (χ3v) is 5.21. The lowest BCUT2D eigenvalue weighted by Gasteiger charge is -2.08. The Hall–Kier alpha value is -4.33. The quantitative estimate of drug-likeness (QED) is 0.327. The maximum Gasteiger partial charge on any atom is 0.165 e. The summed E-state index contributed by atoms with van der Waals surface area (Å²) in [6.07, 6.45) is 7.71. The number of hydrogen-bond acceptors (Lipinski definition) is 6. The maximum absolute atomic E-state index is 11.8. The number of rotatable bonds is 5. The van der Waals surface area contributed by atoms with Crippen molar-refractivity contribution >= 4 is 17.8 Å². The molecule has 0 spiro atoms. The minimum atomic E-state index is 0.236. The van der Waals surface area contributed by atoms with Crippen molar-refractivity contribution < 1.29 is 4.79 Å². The standard InChI is InChI=1S/C23H19N7O.2C2H6/c1-2-29-13-17(11-26-29)21-19(14-31)22(24)30-23(28-21)18(12-27-30)16-8-9-20(25-10-16)15-6-4-3-5-7-15;2*1-2/h3-14H,2,24H2,1H3;2*1-2H3. The van der Waals surface area contributed by atoms with Crippen LogP contribution in [0.2, 0.25) is 0 Å². The number of pyridine rings is 1. The summed E-state index contributed by atoms with van der Waals surface area (Å²) >= 11 is 0. The molecule has 0 aliphatic carbocycles. The second-order valence-electron chi connectivity index (χ2n) is 7.05. The molecule has 5 rings (SSSR count). The molecule has 4 heterocycles. The lowest BCUT2D eigenvalue weighted by molar-refractivity contribution is 0.112. The molecule has 0 aliphatic rings. The number of benzene rings is 1. The molecule has 8 heteroatoms. The first-order valence-electron chi connectivity index (χ1n) is 11.9. The first-order chi connectivity index (χ1) is 17.2. The summed E-state index contributed by atoms with van der Waals surface area (Å²) < 4.78 is 3.26. The third-order valence-electron chi connectivity index (χ3n) is 5.21. The predicted octanol–water partition coefficient (Wildman–Crippen LogP) is 5.79. The fourth-order valence-corrected chi connectivity index (χ4v) is 3.56. The number of aldehydes is 1. The van der Waals surface area contributed by atoms with Gasteiger partial charge in [-0.25, -0.2) is 4.98 Å². The third kappa shape index (κ3) is 4.96. The van der Waals surface area contributed by atoms with E-state index in [9.17, 15) is 4.79 Å². The minimum absolute atomic E-state index is 0.236. The van der Waals surface area contributed by atoms with E-state index in [1.54, 1.807) is 23.3 Å². The predicted molar refractivity (Wildman–Crippen MR) is 141 cm³/mol. The topological polar surface area (TPSA) is 104 Å². The summed E-state index contributed by atoms with van der Waals surface area (Å²) in [7, 11) is 0. The summed E-state index contributed by atoms with van der Waals surface area (Å²) in [6.45, 7) is 10.7. The molecule has 0 radical (unpaired) electrons. The van der Waals surface area contributed by atoms with Crippen LogP contribution < -0.4 is 5.73 Å². The number of carbonyl (C=O) groups excluding carboxylic acids is 1. The Morgan fingerprint density at radius 1 is 0.886 bits per heavy atom. The van der Waals surface area contributed by atoms with Crippen molar-refractivity contribution in [3.63, 3.8) is 0 Å². The molecular weight excluding hydrogens is 438 g/mol. The van der Waals surface area contributed by atoms with Gasteiger partial charge in [-0.15, -0.1) is 0 Å². The van der Waals surface area contributed by atoms with E-state index in [2.05, 4.69) is 15.2 Å². The van der Waals surface area contributed by atoms with Crippen LogP contribution in [-0.2, 0) is 6.54 Å². The van der Waals surface area contributed by atoms with Gasteiger partial charge < -0.3 is 5.73 Å². The average Bonchev–Trinajstić information content (AvgIpc) is 3.59. The van der Waals surface area contributed by atoms with Crippen molar-refractivity contribution in [3.05, 3.63) is 72.8 Å². The van der Waals surface area contributed by atoms with Gasteiger partial charge >= 0.3 is 0 Å². The number of nitrogens with two attached hydrogens (primary N) is 1. The van der Waals surface area contributed by atoms with Gasteiger partial charge in [0.1, 0.15) is 5.82 Å².